The number of aliphatic imine (C=N–C) groups is 1. The van der Waals surface area contributed by atoms with E-state index in [1.54, 1.807) is 0 Å². The molecule has 0 heterocycles. The van der Waals surface area contributed by atoms with Crippen LogP contribution >= 0.6 is 0 Å². The van der Waals surface area contributed by atoms with Crippen molar-refractivity contribution in [3.63, 3.8) is 0 Å². The SMILES string of the molecule is CCCC/C(=C/N=C(/CC(C)(CC)CC(C)C)C(N)=O)C(C)C. The van der Waals surface area contributed by atoms with Gasteiger partial charge in [0, 0.05) is 12.6 Å². The Morgan fingerprint density at radius 3 is 2.22 bits per heavy atom. The summed E-state index contributed by atoms with van der Waals surface area (Å²) in [6, 6.07) is 0. The van der Waals surface area contributed by atoms with Gasteiger partial charge in [0.15, 0.2) is 0 Å². The van der Waals surface area contributed by atoms with E-state index in [1.807, 2.05) is 6.20 Å². The summed E-state index contributed by atoms with van der Waals surface area (Å²) < 4.78 is 0. The molecule has 23 heavy (non-hydrogen) atoms. The summed E-state index contributed by atoms with van der Waals surface area (Å²) in [6.45, 7) is 15.4. The van der Waals surface area contributed by atoms with Crippen LogP contribution in [0.1, 0.15) is 87.0 Å². The first-order valence-electron chi connectivity index (χ1n) is 9.20. The van der Waals surface area contributed by atoms with Crippen molar-refractivity contribution in [2.75, 3.05) is 0 Å². The molecule has 1 atom stereocenters. The Labute approximate surface area is 143 Å². The van der Waals surface area contributed by atoms with Gasteiger partial charge in [-0.05, 0) is 42.1 Å². The molecule has 0 aliphatic carbocycles. The van der Waals surface area contributed by atoms with Crippen LogP contribution in [0.5, 0.6) is 0 Å². The zero-order chi connectivity index (χ0) is 18.0. The van der Waals surface area contributed by atoms with Crippen molar-refractivity contribution < 1.29 is 4.79 Å². The molecule has 3 nitrogen and oxygen atoms in total. The largest absolute Gasteiger partial charge is 0.365 e. The van der Waals surface area contributed by atoms with E-state index in [4.69, 9.17) is 5.73 Å². The summed E-state index contributed by atoms with van der Waals surface area (Å²) >= 11 is 0. The highest BCUT2D eigenvalue weighted by Gasteiger charge is 2.27. The minimum absolute atomic E-state index is 0.0806. The third-order valence-corrected chi connectivity index (χ3v) is 4.58. The predicted molar refractivity (Wildman–Crippen MR) is 102 cm³/mol. The monoisotopic (exact) mass is 322 g/mol. The van der Waals surface area contributed by atoms with E-state index in [-0.39, 0.29) is 11.3 Å². The zero-order valence-corrected chi connectivity index (χ0v) is 16.4. The summed E-state index contributed by atoms with van der Waals surface area (Å²) in [5.74, 6) is 0.663. The van der Waals surface area contributed by atoms with E-state index in [1.165, 1.54) is 12.0 Å². The molecule has 0 saturated heterocycles. The van der Waals surface area contributed by atoms with Gasteiger partial charge in [0.2, 0.25) is 0 Å². The maximum atomic E-state index is 11.8. The molecule has 0 aliphatic heterocycles. The minimum Gasteiger partial charge on any atom is -0.365 e. The summed E-state index contributed by atoms with van der Waals surface area (Å²) in [6.07, 6.45) is 8.02. The van der Waals surface area contributed by atoms with E-state index < -0.39 is 0 Å². The Kier molecular flexibility index (Phi) is 10.1. The Morgan fingerprint density at radius 1 is 1.22 bits per heavy atom. The molecule has 0 saturated carbocycles. The van der Waals surface area contributed by atoms with Crippen molar-refractivity contribution in [2.24, 2.45) is 28.0 Å². The van der Waals surface area contributed by atoms with Gasteiger partial charge in [-0.25, -0.2) is 0 Å². The first kappa shape index (κ1) is 21.9. The highest BCUT2D eigenvalue weighted by atomic mass is 16.1. The number of nitrogens with two attached hydrogens (primary N) is 1. The van der Waals surface area contributed by atoms with E-state index >= 15 is 0 Å². The number of nitrogens with zero attached hydrogens (tertiary/aromatic N) is 1. The molecular weight excluding hydrogens is 284 g/mol. The molecular formula is C20H38N2O. The molecule has 0 aromatic heterocycles. The molecule has 0 rings (SSSR count). The molecule has 0 aliphatic rings. The van der Waals surface area contributed by atoms with Crippen LogP contribution in [0.25, 0.3) is 0 Å². The number of allylic oxidation sites excluding steroid dienone is 1. The smallest absolute Gasteiger partial charge is 0.263 e. The Bertz CT molecular complexity index is 421. The molecule has 2 N–H and O–H groups in total. The molecule has 0 aromatic rings. The third kappa shape index (κ3) is 8.92. The first-order chi connectivity index (χ1) is 10.6. The first-order valence-corrected chi connectivity index (χ1v) is 9.20. The van der Waals surface area contributed by atoms with Crippen molar-refractivity contribution in [3.05, 3.63) is 11.8 Å². The fraction of sp³-hybridized carbons (Fsp3) is 0.800. The number of carbonyl (C=O) groups excluding carboxylic acids is 1. The Balaban J connectivity index is 5.32. The standard InChI is InChI=1S/C20H38N2O/c1-8-10-11-17(16(5)6)14-22-18(19(21)23)13-20(7,9-2)12-15(3)4/h14-16H,8-13H2,1-7H3,(H2,21,23)/b17-14-,22-18-. The zero-order valence-electron chi connectivity index (χ0n) is 16.4. The minimum atomic E-state index is -0.386. The van der Waals surface area contributed by atoms with Crippen molar-refractivity contribution >= 4 is 11.6 Å². The molecule has 0 bridgehead atoms. The summed E-state index contributed by atoms with van der Waals surface area (Å²) in [5.41, 5.74) is 7.49. The maximum Gasteiger partial charge on any atom is 0.263 e. The second-order valence-corrected chi connectivity index (χ2v) is 7.84. The van der Waals surface area contributed by atoms with Gasteiger partial charge in [0.05, 0.1) is 0 Å². The van der Waals surface area contributed by atoms with Crippen molar-refractivity contribution in [1.29, 1.82) is 0 Å². The fourth-order valence-electron chi connectivity index (χ4n) is 2.97. The van der Waals surface area contributed by atoms with Gasteiger partial charge in [0.25, 0.3) is 5.91 Å². The lowest BCUT2D eigenvalue weighted by molar-refractivity contribution is -0.112. The number of primary amides is 1. The average molecular weight is 323 g/mol. The average Bonchev–Trinajstić information content (AvgIpc) is 2.44. The topological polar surface area (TPSA) is 55.4 Å². The lowest BCUT2D eigenvalue weighted by Gasteiger charge is -2.30. The Morgan fingerprint density at radius 2 is 1.83 bits per heavy atom. The van der Waals surface area contributed by atoms with Gasteiger partial charge in [-0.15, -0.1) is 0 Å². The quantitative estimate of drug-likeness (QED) is 0.502. The van der Waals surface area contributed by atoms with E-state index in [0.29, 0.717) is 24.0 Å². The summed E-state index contributed by atoms with van der Waals surface area (Å²) in [5, 5.41) is 0. The normalized spacial score (nSPS) is 16.0. The third-order valence-electron chi connectivity index (χ3n) is 4.58. The lowest BCUT2D eigenvalue weighted by Crippen LogP contribution is -2.30. The highest BCUT2D eigenvalue weighted by Crippen LogP contribution is 2.34. The van der Waals surface area contributed by atoms with Gasteiger partial charge >= 0.3 is 0 Å². The molecule has 0 radical (unpaired) electrons. The summed E-state index contributed by atoms with van der Waals surface area (Å²) in [4.78, 5) is 16.4. The number of unbranched alkanes of at least 4 members (excludes halogenated alkanes) is 1. The van der Waals surface area contributed by atoms with Gasteiger partial charge in [-0.1, -0.05) is 61.3 Å². The molecule has 1 unspecified atom stereocenters. The molecule has 0 fully saturated rings. The van der Waals surface area contributed by atoms with Crippen LogP contribution < -0.4 is 5.73 Å². The summed E-state index contributed by atoms with van der Waals surface area (Å²) in [7, 11) is 0. The second kappa shape index (κ2) is 10.6. The van der Waals surface area contributed by atoms with Crippen LogP contribution in [0.15, 0.2) is 16.8 Å². The number of rotatable bonds is 11. The molecule has 3 heteroatoms. The molecule has 0 aromatic carbocycles. The van der Waals surface area contributed by atoms with Gasteiger partial charge in [-0.2, -0.15) is 0 Å². The van der Waals surface area contributed by atoms with Crippen LogP contribution in [0.3, 0.4) is 0 Å². The number of amides is 1. The van der Waals surface area contributed by atoms with Gasteiger partial charge < -0.3 is 5.73 Å². The van der Waals surface area contributed by atoms with Crippen LogP contribution in [0.2, 0.25) is 0 Å². The van der Waals surface area contributed by atoms with E-state index in [9.17, 15) is 4.79 Å². The van der Waals surface area contributed by atoms with Crippen molar-refractivity contribution in [3.8, 4) is 0 Å². The van der Waals surface area contributed by atoms with Crippen LogP contribution in [0.4, 0.5) is 0 Å². The van der Waals surface area contributed by atoms with Crippen LogP contribution in [0, 0.1) is 17.3 Å². The second-order valence-electron chi connectivity index (χ2n) is 7.84. The number of carbonyl (C=O) groups is 1. The Hall–Kier alpha value is -1.12. The number of hydrogen-bond donors (Lipinski definition) is 1. The molecule has 1 amide bonds. The van der Waals surface area contributed by atoms with Crippen LogP contribution in [-0.4, -0.2) is 11.6 Å². The van der Waals surface area contributed by atoms with E-state index in [0.717, 1.165) is 25.7 Å². The lowest BCUT2D eigenvalue weighted by atomic mass is 9.75. The van der Waals surface area contributed by atoms with Gasteiger partial charge in [0.1, 0.15) is 5.71 Å². The van der Waals surface area contributed by atoms with E-state index in [2.05, 4.69) is 53.5 Å². The van der Waals surface area contributed by atoms with Gasteiger partial charge in [-0.3, -0.25) is 9.79 Å². The van der Waals surface area contributed by atoms with Crippen molar-refractivity contribution in [2.45, 2.75) is 87.0 Å². The predicted octanol–water partition coefficient (Wildman–Crippen LogP) is 5.50. The fourth-order valence-corrected chi connectivity index (χ4v) is 2.97. The van der Waals surface area contributed by atoms with Crippen LogP contribution in [-0.2, 0) is 4.79 Å². The van der Waals surface area contributed by atoms with Crippen molar-refractivity contribution in [1.82, 2.24) is 0 Å². The highest BCUT2D eigenvalue weighted by molar-refractivity contribution is 6.38. The molecule has 134 valence electrons. The maximum absolute atomic E-state index is 11.8. The molecule has 0 spiro atoms. The number of hydrogen-bond acceptors (Lipinski definition) is 2.